The maximum atomic E-state index is 7.36. The maximum Gasteiger partial charge on any atom is 0 e. The standard InChI is InChI=1S/CN.Co.W/c1-2;;. The molecule has 0 N–H and O–H groups in total. The maximum absolute atomic E-state index is 7.36. The molecule has 0 bridgehead atoms. The second-order valence-electron chi connectivity index (χ2n) is 0.0913. The van der Waals surface area contributed by atoms with Gasteiger partial charge in [0.15, 0.2) is 0 Å². The monoisotopic (exact) mass is 269 g/mol. The largest absolute Gasteiger partial charge is 0 e. The Kier molecular flexibility index (Phi) is 20.6. The Morgan fingerprint density at radius 2 is 1.75 bits per heavy atom. The summed E-state index contributed by atoms with van der Waals surface area (Å²) in [6.07, 6.45) is 0. The second kappa shape index (κ2) is 9.36. The van der Waals surface area contributed by atoms with Crippen LogP contribution in [0.25, 0.3) is 0 Å². The van der Waals surface area contributed by atoms with Crippen LogP contribution in [0.2, 0.25) is 0 Å². The molecule has 0 unspecified atom stereocenters. The van der Waals surface area contributed by atoms with E-state index in [4.69, 9.17) is 5.26 Å². The molecule has 0 amide bonds. The topological polar surface area (TPSA) is 23.8 Å². The zero-order valence-corrected chi connectivity index (χ0v) is 5.66. The smallest absolute Gasteiger partial charge is 0 e. The van der Waals surface area contributed by atoms with E-state index in [1.54, 1.807) is 0 Å². The Balaban J connectivity index is 0. The predicted molar refractivity (Wildman–Crippen MR) is 5.61 cm³/mol. The first-order valence-electron chi connectivity index (χ1n) is 0.428. The van der Waals surface area contributed by atoms with Gasteiger partial charge in [-0.15, -0.1) is 0 Å². The van der Waals surface area contributed by atoms with Gasteiger partial charge in [-0.3, -0.25) is 0 Å². The van der Waals surface area contributed by atoms with Crippen LogP contribution in [0.3, 0.4) is 0 Å². The predicted octanol–water partition coefficient (Wildman–Crippen LogP) is 0.0118. The second-order valence-corrected chi connectivity index (χ2v) is 0.747. The quantitative estimate of drug-likeness (QED) is 0.607. The summed E-state index contributed by atoms with van der Waals surface area (Å²) in [6.45, 7) is 0. The van der Waals surface area contributed by atoms with Crippen molar-refractivity contribution in [1.82, 2.24) is 0 Å². The van der Waals surface area contributed by atoms with Gasteiger partial charge in [0.1, 0.15) is 0 Å². The molecular weight excluding hydrogens is 269 g/mol. The van der Waals surface area contributed by atoms with Gasteiger partial charge in [-0.1, -0.05) is 0 Å². The molecule has 0 aliphatic heterocycles. The minimum Gasteiger partial charge on any atom is 0 e. The number of hydrogen-bond acceptors (Lipinski definition) is 1. The van der Waals surface area contributed by atoms with Crippen LogP contribution in [0.5, 0.6) is 0 Å². The van der Waals surface area contributed by atoms with Crippen LogP contribution >= 0.6 is 0 Å². The first kappa shape index (κ1) is 8.82. The molecule has 0 heterocycles. The van der Waals surface area contributed by atoms with Gasteiger partial charge >= 0.3 is 29.5 Å². The number of hydrogen-bond donors (Lipinski definition) is 0. The van der Waals surface area contributed by atoms with Crippen molar-refractivity contribution in [2.24, 2.45) is 0 Å². The Morgan fingerprint density at radius 1 is 1.75 bits per heavy atom. The molecule has 0 aliphatic rings. The summed E-state index contributed by atoms with van der Waals surface area (Å²) >= 11 is 0.977. The summed E-state index contributed by atoms with van der Waals surface area (Å²) < 4.78 is 1.83. The zero-order chi connectivity index (χ0) is 2.71. The summed E-state index contributed by atoms with van der Waals surface area (Å²) in [5.41, 5.74) is 0. The fraction of sp³-hybridized carbons (Fsp3) is 0. The molecule has 0 atom stereocenters. The van der Waals surface area contributed by atoms with E-state index in [0.717, 1.165) is 19.8 Å². The van der Waals surface area contributed by atoms with E-state index in [1.165, 1.54) is 0 Å². The van der Waals surface area contributed by atoms with Crippen LogP contribution in [0, 0.1) is 9.72 Å². The molecule has 0 aliphatic carbocycles. The van der Waals surface area contributed by atoms with E-state index in [9.17, 15) is 0 Å². The van der Waals surface area contributed by atoms with Gasteiger partial charge in [-0.2, -0.15) is 0 Å². The molecule has 0 saturated carbocycles. The summed E-state index contributed by atoms with van der Waals surface area (Å²) in [5, 5.41) is 7.36. The average Bonchev–Trinajstić information content (AvgIpc) is 0.918. The van der Waals surface area contributed by atoms with E-state index in [2.05, 4.69) is 0 Å². The summed E-state index contributed by atoms with van der Waals surface area (Å²) in [6, 6.07) is 0. The minimum absolute atomic E-state index is 0. The number of rotatable bonds is 0. The Morgan fingerprint density at radius 3 is 1.75 bits per heavy atom. The van der Waals surface area contributed by atoms with Gasteiger partial charge in [-0.25, -0.2) is 0 Å². The molecule has 0 spiro atoms. The van der Waals surface area contributed by atoms with Gasteiger partial charge in [0, 0.05) is 16.8 Å². The van der Waals surface area contributed by atoms with Crippen molar-refractivity contribution in [3.8, 4) is 4.46 Å². The van der Waals surface area contributed by atoms with Gasteiger partial charge < -0.3 is 0 Å². The first-order chi connectivity index (χ1) is 1.41. The minimum atomic E-state index is 0. The van der Waals surface area contributed by atoms with Gasteiger partial charge in [0.05, 0.1) is 0 Å². The molecule has 24 valence electrons. The molecule has 4 heavy (non-hydrogen) atoms. The van der Waals surface area contributed by atoms with Crippen LogP contribution in [-0.4, -0.2) is 0 Å². The Labute approximate surface area is 46.5 Å². The average molecular weight is 269 g/mol. The molecule has 0 aromatic carbocycles. The summed E-state index contributed by atoms with van der Waals surface area (Å²) in [4.78, 5) is 0. The Hall–Kier alpha value is 0.685. The van der Waals surface area contributed by atoms with E-state index < -0.39 is 0 Å². The van der Waals surface area contributed by atoms with E-state index in [1.807, 2.05) is 4.46 Å². The van der Waals surface area contributed by atoms with Crippen molar-refractivity contribution in [2.45, 2.75) is 0 Å². The molecule has 1 nitrogen and oxygen atoms in total. The fourth-order valence-electron chi connectivity index (χ4n) is 0. The first-order valence-corrected chi connectivity index (χ1v) is 1.89. The van der Waals surface area contributed by atoms with Crippen molar-refractivity contribution < 1.29 is 36.6 Å². The summed E-state index contributed by atoms with van der Waals surface area (Å²) in [7, 11) is 0. The van der Waals surface area contributed by atoms with E-state index >= 15 is 0 Å². The molecule has 0 aromatic heterocycles. The van der Waals surface area contributed by atoms with E-state index in [0.29, 0.717) is 0 Å². The molecule has 0 fully saturated rings. The zero-order valence-electron chi connectivity index (χ0n) is 1.69. The van der Waals surface area contributed by atoms with Gasteiger partial charge in [0.2, 0.25) is 0 Å². The van der Waals surface area contributed by atoms with Crippen LogP contribution in [0.4, 0.5) is 0 Å². The normalized spacial score (nSPS) is 1.75. The Bertz CT molecular complexity index is 29.5. The van der Waals surface area contributed by atoms with Crippen LogP contribution < -0.4 is 0 Å². The molecule has 1 radical (unpaired) electrons. The SMILES string of the molecule is N#[C][W].[Co]. The van der Waals surface area contributed by atoms with Crippen molar-refractivity contribution in [2.75, 3.05) is 0 Å². The van der Waals surface area contributed by atoms with Crippen LogP contribution in [0.1, 0.15) is 0 Å². The van der Waals surface area contributed by atoms with Crippen molar-refractivity contribution in [3.05, 3.63) is 0 Å². The third-order valence-corrected chi connectivity index (χ3v) is 0. The van der Waals surface area contributed by atoms with Gasteiger partial charge in [-0.05, 0) is 0 Å². The number of nitrogens with zero attached hydrogens (tertiary/aromatic N) is 1. The molecule has 3 heteroatoms. The molecule has 0 aromatic rings. The van der Waals surface area contributed by atoms with E-state index in [-0.39, 0.29) is 16.8 Å². The van der Waals surface area contributed by atoms with Gasteiger partial charge in [0.25, 0.3) is 0 Å². The fourth-order valence-corrected chi connectivity index (χ4v) is 0. The molecule has 0 rings (SSSR count). The van der Waals surface area contributed by atoms with Crippen molar-refractivity contribution in [3.63, 3.8) is 0 Å². The van der Waals surface area contributed by atoms with Crippen molar-refractivity contribution >= 4 is 0 Å². The molecular formula is CCoNW. The van der Waals surface area contributed by atoms with Crippen LogP contribution in [0.15, 0.2) is 0 Å². The third-order valence-electron chi connectivity index (χ3n) is 0. The number of nitriles is 1. The third kappa shape index (κ3) is 16.3. The summed E-state index contributed by atoms with van der Waals surface area (Å²) in [5.74, 6) is 0. The van der Waals surface area contributed by atoms with Crippen LogP contribution in [-0.2, 0) is 36.6 Å². The van der Waals surface area contributed by atoms with Crippen molar-refractivity contribution in [1.29, 1.82) is 5.26 Å². The molecule has 0 saturated heterocycles.